The summed E-state index contributed by atoms with van der Waals surface area (Å²) in [6.45, 7) is 2.85. The number of halogens is 1. The van der Waals surface area contributed by atoms with Gasteiger partial charge in [-0.2, -0.15) is 0 Å². The number of hydrogen-bond donors (Lipinski definition) is 0. The summed E-state index contributed by atoms with van der Waals surface area (Å²) in [6.07, 6.45) is 3.41. The summed E-state index contributed by atoms with van der Waals surface area (Å²) in [6, 6.07) is 6.48. The lowest BCUT2D eigenvalue weighted by Crippen LogP contribution is -2.47. The van der Waals surface area contributed by atoms with Crippen molar-refractivity contribution in [2.45, 2.75) is 38.2 Å². The molecule has 0 aromatic heterocycles. The molecule has 2 fully saturated rings. The molecule has 6 heteroatoms. The zero-order valence-electron chi connectivity index (χ0n) is 14.5. The molecular formula is C19H25FN2O3. The van der Waals surface area contributed by atoms with Gasteiger partial charge in [-0.15, -0.1) is 0 Å². The van der Waals surface area contributed by atoms with Crippen molar-refractivity contribution in [2.75, 3.05) is 32.8 Å². The first-order valence-electron chi connectivity index (χ1n) is 9.03. The maximum atomic E-state index is 13.3. The lowest BCUT2D eigenvalue weighted by Gasteiger charge is -2.34. The Balaban J connectivity index is 1.48. The second-order valence-corrected chi connectivity index (χ2v) is 6.75. The Morgan fingerprint density at radius 2 is 2.16 bits per heavy atom. The Hall–Kier alpha value is -1.95. The van der Waals surface area contributed by atoms with Crippen molar-refractivity contribution >= 4 is 11.8 Å². The largest absolute Gasteiger partial charge is 0.374 e. The van der Waals surface area contributed by atoms with E-state index in [-0.39, 0.29) is 23.7 Å². The molecule has 136 valence electrons. The number of nitrogens with zero attached hydrogens (tertiary/aromatic N) is 2. The van der Waals surface area contributed by atoms with Crippen molar-refractivity contribution in [3.8, 4) is 0 Å². The van der Waals surface area contributed by atoms with E-state index in [1.807, 2.05) is 11.0 Å². The maximum absolute atomic E-state index is 13.3. The van der Waals surface area contributed by atoms with E-state index in [0.29, 0.717) is 45.5 Å². The van der Waals surface area contributed by atoms with E-state index in [1.54, 1.807) is 11.0 Å². The van der Waals surface area contributed by atoms with Gasteiger partial charge in [0.25, 0.3) is 0 Å². The van der Waals surface area contributed by atoms with Crippen molar-refractivity contribution < 1.29 is 18.7 Å². The van der Waals surface area contributed by atoms with E-state index in [9.17, 15) is 14.0 Å². The molecule has 2 aliphatic heterocycles. The standard InChI is InChI=1S/C19H25FN2O3/c20-16-5-3-4-15(12-16)13-17-14-22(10-11-25-17)19(24)7-9-21-8-2-1-6-18(21)23/h3-5,12,17H,1-2,6-11,13-14H2/t17-/m0/s1. The van der Waals surface area contributed by atoms with Crippen LogP contribution >= 0.6 is 0 Å². The van der Waals surface area contributed by atoms with Crippen LogP contribution in [0.1, 0.15) is 31.2 Å². The molecule has 3 rings (SSSR count). The van der Waals surface area contributed by atoms with Crippen LogP contribution in [0.25, 0.3) is 0 Å². The number of morpholine rings is 1. The highest BCUT2D eigenvalue weighted by molar-refractivity contribution is 5.79. The SMILES string of the molecule is O=C1CCCCN1CCC(=O)N1CCO[C@@H](Cc2cccc(F)c2)C1. The zero-order chi connectivity index (χ0) is 17.6. The summed E-state index contributed by atoms with van der Waals surface area (Å²) in [4.78, 5) is 27.9. The molecule has 1 atom stereocenters. The van der Waals surface area contributed by atoms with Gasteiger partial charge in [-0.1, -0.05) is 12.1 Å². The highest BCUT2D eigenvalue weighted by Gasteiger charge is 2.25. The molecule has 0 bridgehead atoms. The predicted molar refractivity (Wildman–Crippen MR) is 91.5 cm³/mol. The zero-order valence-corrected chi connectivity index (χ0v) is 14.5. The Morgan fingerprint density at radius 1 is 1.28 bits per heavy atom. The second-order valence-electron chi connectivity index (χ2n) is 6.75. The van der Waals surface area contributed by atoms with Gasteiger partial charge in [-0.05, 0) is 30.5 Å². The Kier molecular flexibility index (Phi) is 6.02. The number of hydrogen-bond acceptors (Lipinski definition) is 3. The Bertz CT molecular complexity index is 622. The molecule has 5 nitrogen and oxygen atoms in total. The molecule has 1 aromatic carbocycles. The third-order valence-corrected chi connectivity index (χ3v) is 4.86. The van der Waals surface area contributed by atoms with E-state index in [1.165, 1.54) is 12.1 Å². The van der Waals surface area contributed by atoms with Crippen LogP contribution in [0.2, 0.25) is 0 Å². The number of ether oxygens (including phenoxy) is 1. The average Bonchev–Trinajstić information content (AvgIpc) is 2.61. The van der Waals surface area contributed by atoms with Crippen LogP contribution in [0.15, 0.2) is 24.3 Å². The van der Waals surface area contributed by atoms with Crippen molar-refractivity contribution in [3.05, 3.63) is 35.6 Å². The van der Waals surface area contributed by atoms with Gasteiger partial charge in [0.05, 0.1) is 12.7 Å². The molecule has 2 saturated heterocycles. The van der Waals surface area contributed by atoms with E-state index in [2.05, 4.69) is 0 Å². The molecule has 0 saturated carbocycles. The summed E-state index contributed by atoms with van der Waals surface area (Å²) in [5, 5.41) is 0. The molecule has 0 unspecified atom stereocenters. The van der Waals surface area contributed by atoms with Gasteiger partial charge in [-0.3, -0.25) is 9.59 Å². The molecule has 25 heavy (non-hydrogen) atoms. The minimum atomic E-state index is -0.257. The molecule has 0 N–H and O–H groups in total. The summed E-state index contributed by atoms with van der Waals surface area (Å²) in [5.74, 6) is -0.0386. The van der Waals surface area contributed by atoms with Gasteiger partial charge >= 0.3 is 0 Å². The summed E-state index contributed by atoms with van der Waals surface area (Å²) < 4.78 is 19.0. The number of benzene rings is 1. The van der Waals surface area contributed by atoms with E-state index in [0.717, 1.165) is 24.9 Å². The molecule has 1 aromatic rings. The molecule has 2 heterocycles. The van der Waals surface area contributed by atoms with Gasteiger partial charge in [0.1, 0.15) is 5.82 Å². The summed E-state index contributed by atoms with van der Waals surface area (Å²) in [7, 11) is 0. The third-order valence-electron chi connectivity index (χ3n) is 4.86. The number of rotatable bonds is 5. The van der Waals surface area contributed by atoms with Gasteiger partial charge < -0.3 is 14.5 Å². The molecule has 0 radical (unpaired) electrons. The topological polar surface area (TPSA) is 49.9 Å². The number of likely N-dealkylation sites (tertiary alicyclic amines) is 1. The van der Waals surface area contributed by atoms with Crippen LogP contribution in [0.3, 0.4) is 0 Å². The summed E-state index contributed by atoms with van der Waals surface area (Å²) >= 11 is 0. The van der Waals surface area contributed by atoms with Crippen LogP contribution in [-0.2, 0) is 20.7 Å². The smallest absolute Gasteiger partial charge is 0.224 e. The van der Waals surface area contributed by atoms with Crippen molar-refractivity contribution in [2.24, 2.45) is 0 Å². The first-order valence-corrected chi connectivity index (χ1v) is 9.03. The van der Waals surface area contributed by atoms with E-state index >= 15 is 0 Å². The fourth-order valence-electron chi connectivity index (χ4n) is 3.48. The van der Waals surface area contributed by atoms with Crippen LogP contribution in [-0.4, -0.2) is 60.5 Å². The monoisotopic (exact) mass is 348 g/mol. The quantitative estimate of drug-likeness (QED) is 0.818. The van der Waals surface area contributed by atoms with E-state index < -0.39 is 0 Å². The maximum Gasteiger partial charge on any atom is 0.224 e. The molecular weight excluding hydrogens is 323 g/mol. The van der Waals surface area contributed by atoms with Crippen LogP contribution < -0.4 is 0 Å². The van der Waals surface area contributed by atoms with E-state index in [4.69, 9.17) is 4.74 Å². The number of piperidine rings is 1. The van der Waals surface area contributed by atoms with Gasteiger partial charge in [0, 0.05) is 45.4 Å². The van der Waals surface area contributed by atoms with Gasteiger partial charge in [0.2, 0.25) is 11.8 Å². The van der Waals surface area contributed by atoms with Crippen molar-refractivity contribution in [3.63, 3.8) is 0 Å². The second kappa shape index (κ2) is 8.43. The first-order chi connectivity index (χ1) is 12.1. The molecule has 2 amide bonds. The number of carbonyl (C=O) groups is 2. The summed E-state index contributed by atoms with van der Waals surface area (Å²) in [5.41, 5.74) is 0.873. The molecule has 0 aliphatic carbocycles. The van der Waals surface area contributed by atoms with Crippen molar-refractivity contribution in [1.29, 1.82) is 0 Å². The highest BCUT2D eigenvalue weighted by Crippen LogP contribution is 2.15. The average molecular weight is 348 g/mol. The van der Waals surface area contributed by atoms with Gasteiger partial charge in [0.15, 0.2) is 0 Å². The minimum absolute atomic E-state index is 0.0610. The van der Waals surface area contributed by atoms with Gasteiger partial charge in [-0.25, -0.2) is 4.39 Å². The highest BCUT2D eigenvalue weighted by atomic mass is 19.1. The van der Waals surface area contributed by atoms with Crippen molar-refractivity contribution in [1.82, 2.24) is 9.80 Å². The number of carbonyl (C=O) groups excluding carboxylic acids is 2. The van der Waals surface area contributed by atoms with Crippen LogP contribution in [0.5, 0.6) is 0 Å². The van der Waals surface area contributed by atoms with Crippen LogP contribution in [0.4, 0.5) is 4.39 Å². The van der Waals surface area contributed by atoms with Crippen LogP contribution in [0, 0.1) is 5.82 Å². The first kappa shape index (κ1) is 17.9. The number of amides is 2. The Morgan fingerprint density at radius 3 is 2.96 bits per heavy atom. The molecule has 0 spiro atoms. The minimum Gasteiger partial charge on any atom is -0.374 e. The normalized spacial score (nSPS) is 21.5. The fourth-order valence-corrected chi connectivity index (χ4v) is 3.48. The lowest BCUT2D eigenvalue weighted by molar-refractivity contribution is -0.140. The third kappa shape index (κ3) is 5.01. The fraction of sp³-hybridized carbons (Fsp3) is 0.579. The lowest BCUT2D eigenvalue weighted by atomic mass is 10.1. The predicted octanol–water partition coefficient (Wildman–Crippen LogP) is 2.00. The Labute approximate surface area is 147 Å². The molecule has 2 aliphatic rings.